The SMILES string of the molecule is Cc1nc(COc2ccc(C(=O)N3CCCC3c3nc4ccccc4s3)cc2)no1. The maximum Gasteiger partial charge on any atom is 0.254 e. The summed E-state index contributed by atoms with van der Waals surface area (Å²) < 4.78 is 11.8. The topological polar surface area (TPSA) is 81.4 Å². The number of aromatic nitrogens is 3. The van der Waals surface area contributed by atoms with E-state index in [2.05, 4.69) is 16.2 Å². The van der Waals surface area contributed by atoms with Gasteiger partial charge in [-0.05, 0) is 49.2 Å². The van der Waals surface area contributed by atoms with Crippen LogP contribution in [0.15, 0.2) is 53.1 Å². The van der Waals surface area contributed by atoms with Crippen molar-refractivity contribution in [2.45, 2.75) is 32.4 Å². The molecule has 1 aliphatic heterocycles. The number of para-hydroxylation sites is 1. The molecule has 1 saturated heterocycles. The molecule has 1 amide bonds. The number of aryl methyl sites for hydroxylation is 1. The zero-order valence-corrected chi connectivity index (χ0v) is 17.3. The van der Waals surface area contributed by atoms with Crippen LogP contribution in [0.3, 0.4) is 0 Å². The third kappa shape index (κ3) is 3.66. The number of fused-ring (bicyclic) bond motifs is 1. The van der Waals surface area contributed by atoms with Crippen molar-refractivity contribution in [3.63, 3.8) is 0 Å². The maximum absolute atomic E-state index is 13.2. The summed E-state index contributed by atoms with van der Waals surface area (Å²) >= 11 is 1.68. The van der Waals surface area contributed by atoms with Gasteiger partial charge in [-0.2, -0.15) is 4.98 Å². The summed E-state index contributed by atoms with van der Waals surface area (Å²) in [5, 5.41) is 4.82. The lowest BCUT2D eigenvalue weighted by Crippen LogP contribution is -2.30. The summed E-state index contributed by atoms with van der Waals surface area (Å²) in [6.07, 6.45) is 1.93. The Balaban J connectivity index is 1.29. The predicted molar refractivity (Wildman–Crippen MR) is 112 cm³/mol. The number of thiazole rings is 1. The van der Waals surface area contributed by atoms with E-state index >= 15 is 0 Å². The first-order chi connectivity index (χ1) is 14.7. The molecule has 0 N–H and O–H groups in total. The Morgan fingerprint density at radius 2 is 2.03 bits per heavy atom. The molecule has 0 aliphatic carbocycles. The normalized spacial score (nSPS) is 16.3. The summed E-state index contributed by atoms with van der Waals surface area (Å²) in [6, 6.07) is 15.3. The Hall–Kier alpha value is -3.26. The van der Waals surface area contributed by atoms with Crippen LogP contribution in [0, 0.1) is 6.92 Å². The highest BCUT2D eigenvalue weighted by molar-refractivity contribution is 7.18. The van der Waals surface area contributed by atoms with Gasteiger partial charge in [0.25, 0.3) is 5.91 Å². The lowest BCUT2D eigenvalue weighted by Gasteiger charge is -2.23. The number of rotatable bonds is 5. The molecule has 2 aromatic heterocycles. The Labute approximate surface area is 177 Å². The molecule has 1 unspecified atom stereocenters. The number of benzene rings is 2. The van der Waals surface area contributed by atoms with Crippen molar-refractivity contribution in [2.75, 3.05) is 6.54 Å². The van der Waals surface area contributed by atoms with Crippen LogP contribution in [0.25, 0.3) is 10.2 Å². The van der Waals surface area contributed by atoms with E-state index in [0.717, 1.165) is 34.6 Å². The molecule has 4 aromatic rings. The zero-order chi connectivity index (χ0) is 20.5. The third-order valence-electron chi connectivity index (χ3n) is 5.15. The lowest BCUT2D eigenvalue weighted by atomic mass is 10.1. The molecule has 7 nitrogen and oxygen atoms in total. The van der Waals surface area contributed by atoms with E-state index in [4.69, 9.17) is 14.2 Å². The standard InChI is InChI=1S/C22H20N4O3S/c1-14-23-20(25-29-14)13-28-16-10-8-15(9-11-16)22(27)26-12-4-6-18(26)21-24-17-5-2-3-7-19(17)30-21/h2-3,5,7-11,18H,4,6,12-13H2,1H3. The van der Waals surface area contributed by atoms with Crippen molar-refractivity contribution in [1.82, 2.24) is 20.0 Å². The molecule has 2 aromatic carbocycles. The Morgan fingerprint density at radius 3 is 2.80 bits per heavy atom. The molecule has 0 radical (unpaired) electrons. The number of nitrogens with zero attached hydrogens (tertiary/aromatic N) is 4. The van der Waals surface area contributed by atoms with Gasteiger partial charge in [0.2, 0.25) is 11.7 Å². The number of carbonyl (C=O) groups is 1. The van der Waals surface area contributed by atoms with Crippen LogP contribution in [0.5, 0.6) is 5.75 Å². The van der Waals surface area contributed by atoms with Gasteiger partial charge >= 0.3 is 0 Å². The van der Waals surface area contributed by atoms with Crippen LogP contribution in [-0.4, -0.2) is 32.5 Å². The van der Waals surface area contributed by atoms with Gasteiger partial charge in [0.15, 0.2) is 6.61 Å². The highest BCUT2D eigenvalue weighted by Gasteiger charge is 2.32. The van der Waals surface area contributed by atoms with Crippen molar-refractivity contribution < 1.29 is 14.1 Å². The smallest absolute Gasteiger partial charge is 0.254 e. The molecule has 0 saturated carbocycles. The van der Waals surface area contributed by atoms with E-state index in [1.165, 1.54) is 0 Å². The van der Waals surface area contributed by atoms with E-state index in [1.807, 2.05) is 23.1 Å². The molecule has 3 heterocycles. The van der Waals surface area contributed by atoms with Crippen molar-refractivity contribution in [1.29, 1.82) is 0 Å². The van der Waals surface area contributed by atoms with E-state index < -0.39 is 0 Å². The molecular weight excluding hydrogens is 400 g/mol. The summed E-state index contributed by atoms with van der Waals surface area (Å²) in [5.41, 5.74) is 1.64. The Morgan fingerprint density at radius 1 is 1.20 bits per heavy atom. The van der Waals surface area contributed by atoms with Gasteiger partial charge in [-0.1, -0.05) is 17.3 Å². The van der Waals surface area contributed by atoms with Crippen LogP contribution < -0.4 is 4.74 Å². The second kappa shape index (κ2) is 7.87. The molecule has 0 bridgehead atoms. The number of carbonyl (C=O) groups excluding carboxylic acids is 1. The monoisotopic (exact) mass is 420 g/mol. The minimum absolute atomic E-state index is 0.0251. The summed E-state index contributed by atoms with van der Waals surface area (Å²) in [7, 11) is 0. The van der Waals surface area contributed by atoms with Crippen LogP contribution in [0.4, 0.5) is 0 Å². The fourth-order valence-corrected chi connectivity index (χ4v) is 4.82. The lowest BCUT2D eigenvalue weighted by molar-refractivity contribution is 0.0735. The minimum Gasteiger partial charge on any atom is -0.485 e. The van der Waals surface area contributed by atoms with Crippen molar-refractivity contribution >= 4 is 27.5 Å². The van der Waals surface area contributed by atoms with Crippen LogP contribution >= 0.6 is 11.3 Å². The average molecular weight is 420 g/mol. The first-order valence-corrected chi connectivity index (χ1v) is 10.7. The van der Waals surface area contributed by atoms with Gasteiger partial charge in [-0.15, -0.1) is 11.3 Å². The molecule has 0 spiro atoms. The minimum atomic E-state index is 0.0251. The third-order valence-corrected chi connectivity index (χ3v) is 6.29. The first kappa shape index (κ1) is 18.7. The van der Waals surface area contributed by atoms with Gasteiger partial charge in [0.1, 0.15) is 10.8 Å². The number of hydrogen-bond acceptors (Lipinski definition) is 7. The molecule has 1 fully saturated rings. The largest absolute Gasteiger partial charge is 0.485 e. The number of amides is 1. The average Bonchev–Trinajstić information content (AvgIpc) is 3.50. The second-order valence-electron chi connectivity index (χ2n) is 7.22. The molecule has 152 valence electrons. The number of ether oxygens (including phenoxy) is 1. The highest BCUT2D eigenvalue weighted by Crippen LogP contribution is 2.37. The van der Waals surface area contributed by atoms with Gasteiger partial charge in [-0.3, -0.25) is 4.79 Å². The van der Waals surface area contributed by atoms with Crippen molar-refractivity contribution in [3.8, 4) is 5.75 Å². The van der Waals surface area contributed by atoms with Gasteiger partial charge in [0.05, 0.1) is 16.3 Å². The summed E-state index contributed by atoms with van der Waals surface area (Å²) in [5.74, 6) is 1.67. The zero-order valence-electron chi connectivity index (χ0n) is 16.4. The number of hydrogen-bond donors (Lipinski definition) is 0. The van der Waals surface area contributed by atoms with Crippen LogP contribution in [0.2, 0.25) is 0 Å². The quantitative estimate of drug-likeness (QED) is 0.471. The second-order valence-corrected chi connectivity index (χ2v) is 8.28. The van der Waals surface area contributed by atoms with Gasteiger partial charge in [-0.25, -0.2) is 4.98 Å². The van der Waals surface area contributed by atoms with Gasteiger partial charge in [0, 0.05) is 19.0 Å². The summed E-state index contributed by atoms with van der Waals surface area (Å²) in [4.78, 5) is 24.0. The molecule has 8 heteroatoms. The Kier molecular flexibility index (Phi) is 4.92. The summed E-state index contributed by atoms with van der Waals surface area (Å²) in [6.45, 7) is 2.70. The van der Waals surface area contributed by atoms with E-state index in [9.17, 15) is 4.79 Å². The van der Waals surface area contributed by atoms with Crippen molar-refractivity contribution in [3.05, 3.63) is 70.8 Å². The predicted octanol–water partition coefficient (Wildman–Crippen LogP) is 4.54. The fraction of sp³-hybridized carbons (Fsp3) is 0.273. The highest BCUT2D eigenvalue weighted by atomic mass is 32.1. The van der Waals surface area contributed by atoms with Crippen LogP contribution in [0.1, 0.15) is 46.0 Å². The molecule has 1 atom stereocenters. The molecule has 1 aliphatic rings. The molecular formula is C22H20N4O3S. The number of likely N-dealkylation sites (tertiary alicyclic amines) is 1. The maximum atomic E-state index is 13.2. The van der Waals surface area contributed by atoms with E-state index in [1.54, 1.807) is 42.5 Å². The fourth-order valence-electron chi connectivity index (χ4n) is 3.71. The first-order valence-electron chi connectivity index (χ1n) is 9.86. The van der Waals surface area contributed by atoms with Crippen LogP contribution in [-0.2, 0) is 6.61 Å². The van der Waals surface area contributed by atoms with Crippen molar-refractivity contribution in [2.24, 2.45) is 0 Å². The van der Waals surface area contributed by atoms with E-state index in [-0.39, 0.29) is 18.6 Å². The molecule has 5 rings (SSSR count). The Bertz CT molecular complexity index is 1150. The molecule has 30 heavy (non-hydrogen) atoms. The van der Waals surface area contributed by atoms with Gasteiger partial charge < -0.3 is 14.2 Å². The van der Waals surface area contributed by atoms with E-state index in [0.29, 0.717) is 23.0 Å².